The first kappa shape index (κ1) is 15.8. The summed E-state index contributed by atoms with van der Waals surface area (Å²) in [5, 5.41) is 13.4. The maximum absolute atomic E-state index is 12.3. The molecule has 0 aliphatic carbocycles. The molecule has 22 heavy (non-hydrogen) atoms. The number of rotatable bonds is 6. The van der Waals surface area contributed by atoms with Crippen molar-refractivity contribution in [1.82, 2.24) is 9.78 Å². The molecule has 2 rings (SSSR count). The average Bonchev–Trinajstić information content (AvgIpc) is 2.52. The van der Waals surface area contributed by atoms with E-state index >= 15 is 0 Å². The fraction of sp³-hybridized carbons (Fsp3) is 0.353. The predicted octanol–water partition coefficient (Wildman–Crippen LogP) is 2.79. The number of nitrogens with zero attached hydrogens (tertiary/aromatic N) is 3. The van der Waals surface area contributed by atoms with Crippen molar-refractivity contribution in [2.45, 2.75) is 33.2 Å². The lowest BCUT2D eigenvalue weighted by Gasteiger charge is -2.12. The molecule has 0 aliphatic rings. The molecule has 0 spiro atoms. The van der Waals surface area contributed by atoms with Gasteiger partial charge in [0.1, 0.15) is 5.75 Å². The molecule has 114 valence electrons. The Morgan fingerprint density at radius 1 is 1.32 bits per heavy atom. The molecule has 0 saturated carbocycles. The molecule has 5 heteroatoms. The highest BCUT2D eigenvalue weighted by molar-refractivity contribution is 5.67. The number of nitriles is 1. The van der Waals surface area contributed by atoms with E-state index in [1.54, 1.807) is 6.07 Å². The van der Waals surface area contributed by atoms with E-state index < -0.39 is 0 Å². The maximum atomic E-state index is 12.3. The van der Waals surface area contributed by atoms with Gasteiger partial charge in [0.05, 0.1) is 24.8 Å². The third kappa shape index (κ3) is 3.34. The van der Waals surface area contributed by atoms with Crippen LogP contribution in [0.2, 0.25) is 0 Å². The molecule has 5 nitrogen and oxygen atoms in total. The first-order valence-corrected chi connectivity index (χ1v) is 7.41. The molecule has 0 atom stereocenters. The number of aromatic nitrogens is 2. The van der Waals surface area contributed by atoms with Gasteiger partial charge in [0.15, 0.2) is 0 Å². The second-order valence-electron chi connectivity index (χ2n) is 4.85. The van der Waals surface area contributed by atoms with Gasteiger partial charge in [-0.3, -0.25) is 4.79 Å². The topological polar surface area (TPSA) is 67.9 Å². The predicted molar refractivity (Wildman–Crippen MR) is 84.7 cm³/mol. The molecule has 0 bridgehead atoms. The van der Waals surface area contributed by atoms with Crippen LogP contribution in [-0.4, -0.2) is 16.4 Å². The van der Waals surface area contributed by atoms with Crippen molar-refractivity contribution in [2.75, 3.05) is 6.61 Å². The van der Waals surface area contributed by atoms with E-state index in [9.17, 15) is 4.79 Å². The smallest absolute Gasteiger partial charge is 0.271 e. The third-order valence-corrected chi connectivity index (χ3v) is 3.22. The van der Waals surface area contributed by atoms with E-state index in [4.69, 9.17) is 10.00 Å². The molecule has 1 heterocycles. The lowest BCUT2D eigenvalue weighted by molar-refractivity contribution is 0.341. The molecule has 1 aromatic heterocycles. The van der Waals surface area contributed by atoms with Crippen LogP contribution in [0.3, 0.4) is 0 Å². The highest BCUT2D eigenvalue weighted by Crippen LogP contribution is 2.28. The normalized spacial score (nSPS) is 10.2. The minimum Gasteiger partial charge on any atom is -0.493 e. The molecule has 0 fully saturated rings. The van der Waals surface area contributed by atoms with Gasteiger partial charge in [0, 0.05) is 17.7 Å². The zero-order valence-electron chi connectivity index (χ0n) is 12.9. The number of ether oxygens (including phenoxy) is 1. The van der Waals surface area contributed by atoms with Crippen LogP contribution >= 0.6 is 0 Å². The summed E-state index contributed by atoms with van der Waals surface area (Å²) in [7, 11) is 0. The summed E-state index contributed by atoms with van der Waals surface area (Å²) in [6.45, 7) is 4.99. The van der Waals surface area contributed by atoms with Crippen LogP contribution in [-0.2, 0) is 13.0 Å². The summed E-state index contributed by atoms with van der Waals surface area (Å²) >= 11 is 0. The van der Waals surface area contributed by atoms with Crippen molar-refractivity contribution in [2.24, 2.45) is 0 Å². The maximum Gasteiger partial charge on any atom is 0.271 e. The Balaban J connectivity index is 2.60. The van der Waals surface area contributed by atoms with E-state index in [0.29, 0.717) is 24.4 Å². The van der Waals surface area contributed by atoms with E-state index in [1.807, 2.05) is 44.2 Å². The van der Waals surface area contributed by atoms with Crippen molar-refractivity contribution in [3.63, 3.8) is 0 Å². The summed E-state index contributed by atoms with van der Waals surface area (Å²) < 4.78 is 7.06. The Kier molecular flexibility index (Phi) is 5.31. The van der Waals surface area contributed by atoms with Gasteiger partial charge < -0.3 is 4.74 Å². The summed E-state index contributed by atoms with van der Waals surface area (Å²) in [6.07, 6.45) is 0.879. The Morgan fingerprint density at radius 2 is 2.09 bits per heavy atom. The largest absolute Gasteiger partial charge is 0.493 e. The first-order chi connectivity index (χ1) is 10.7. The fourth-order valence-corrected chi connectivity index (χ4v) is 2.26. The lowest BCUT2D eigenvalue weighted by atomic mass is 10.1. The van der Waals surface area contributed by atoms with Gasteiger partial charge in [-0.1, -0.05) is 19.1 Å². The number of benzene rings is 1. The zero-order chi connectivity index (χ0) is 15.9. The van der Waals surface area contributed by atoms with Crippen LogP contribution < -0.4 is 10.3 Å². The van der Waals surface area contributed by atoms with Crippen molar-refractivity contribution in [3.05, 3.63) is 46.2 Å². The third-order valence-electron chi connectivity index (χ3n) is 3.22. The zero-order valence-corrected chi connectivity index (χ0v) is 12.9. The molecular weight excluding hydrogens is 278 g/mol. The number of aryl methyl sites for hydroxylation is 1. The Bertz CT molecular complexity index is 744. The molecule has 0 amide bonds. The number of hydrogen-bond donors (Lipinski definition) is 0. The molecule has 2 aromatic rings. The number of hydrogen-bond acceptors (Lipinski definition) is 4. The monoisotopic (exact) mass is 297 g/mol. The van der Waals surface area contributed by atoms with E-state index in [0.717, 1.165) is 17.7 Å². The fourth-order valence-electron chi connectivity index (χ4n) is 2.26. The van der Waals surface area contributed by atoms with Gasteiger partial charge >= 0.3 is 0 Å². The minimum atomic E-state index is -0.193. The van der Waals surface area contributed by atoms with Gasteiger partial charge in [0.2, 0.25) is 0 Å². The Labute approximate surface area is 129 Å². The Morgan fingerprint density at radius 3 is 2.77 bits per heavy atom. The van der Waals surface area contributed by atoms with Crippen molar-refractivity contribution >= 4 is 0 Å². The van der Waals surface area contributed by atoms with Gasteiger partial charge in [-0.15, -0.1) is 0 Å². The summed E-state index contributed by atoms with van der Waals surface area (Å²) in [6, 6.07) is 11.3. The summed E-state index contributed by atoms with van der Waals surface area (Å²) in [5.74, 6) is 0.724. The Hall–Kier alpha value is -2.61. The number of para-hydroxylation sites is 1. The van der Waals surface area contributed by atoms with E-state index in [-0.39, 0.29) is 12.0 Å². The SMILES string of the molecule is CCCn1nc(-c2ccccc2OCC)cc(CC#N)c1=O. The van der Waals surface area contributed by atoms with Crippen LogP contribution in [0, 0.1) is 11.3 Å². The van der Waals surface area contributed by atoms with Gasteiger partial charge in [0.25, 0.3) is 5.56 Å². The minimum absolute atomic E-state index is 0.0782. The first-order valence-electron chi connectivity index (χ1n) is 7.41. The molecule has 0 saturated heterocycles. The van der Waals surface area contributed by atoms with Crippen molar-refractivity contribution in [1.29, 1.82) is 5.26 Å². The van der Waals surface area contributed by atoms with Crippen LogP contribution in [0.1, 0.15) is 25.8 Å². The average molecular weight is 297 g/mol. The van der Waals surface area contributed by atoms with Gasteiger partial charge in [-0.2, -0.15) is 10.4 Å². The van der Waals surface area contributed by atoms with E-state index in [2.05, 4.69) is 5.10 Å². The van der Waals surface area contributed by atoms with Crippen molar-refractivity contribution in [3.8, 4) is 23.1 Å². The lowest BCUT2D eigenvalue weighted by Crippen LogP contribution is -2.26. The molecule has 1 aromatic carbocycles. The molecule has 0 N–H and O–H groups in total. The van der Waals surface area contributed by atoms with Gasteiger partial charge in [-0.25, -0.2) is 4.68 Å². The van der Waals surface area contributed by atoms with Gasteiger partial charge in [-0.05, 0) is 31.5 Å². The van der Waals surface area contributed by atoms with Crippen LogP contribution in [0.5, 0.6) is 5.75 Å². The highest BCUT2D eigenvalue weighted by atomic mass is 16.5. The second kappa shape index (κ2) is 7.41. The summed E-state index contributed by atoms with van der Waals surface area (Å²) in [5.41, 5.74) is 1.75. The second-order valence-corrected chi connectivity index (χ2v) is 4.85. The van der Waals surface area contributed by atoms with Crippen LogP contribution in [0.25, 0.3) is 11.3 Å². The van der Waals surface area contributed by atoms with Crippen LogP contribution in [0.15, 0.2) is 35.1 Å². The van der Waals surface area contributed by atoms with Crippen LogP contribution in [0.4, 0.5) is 0 Å². The molecule has 0 radical (unpaired) electrons. The van der Waals surface area contributed by atoms with E-state index in [1.165, 1.54) is 4.68 Å². The molecule has 0 unspecified atom stereocenters. The quantitative estimate of drug-likeness (QED) is 0.822. The summed E-state index contributed by atoms with van der Waals surface area (Å²) in [4.78, 5) is 12.3. The molecule has 0 aliphatic heterocycles. The molecular formula is C17H19N3O2. The van der Waals surface area contributed by atoms with Crippen molar-refractivity contribution < 1.29 is 4.74 Å². The highest BCUT2D eigenvalue weighted by Gasteiger charge is 2.12. The standard InChI is InChI=1S/C17H19N3O2/c1-3-11-20-17(21)13(9-10-18)12-15(19-20)14-7-5-6-8-16(14)22-4-2/h5-8,12H,3-4,9,11H2,1-2H3.